The second-order valence-electron chi connectivity index (χ2n) is 9.18. The number of ether oxygens (including phenoxy) is 2. The van der Waals surface area contributed by atoms with Crippen molar-refractivity contribution in [2.24, 2.45) is 5.41 Å². The van der Waals surface area contributed by atoms with Gasteiger partial charge in [0.2, 0.25) is 0 Å². The van der Waals surface area contributed by atoms with Crippen molar-refractivity contribution in [3.05, 3.63) is 88.6 Å². The molecule has 0 aromatic heterocycles. The summed E-state index contributed by atoms with van der Waals surface area (Å²) in [6, 6.07) is 6.69. The fraction of sp³-hybridized carbons (Fsp3) is 0.379. The molecule has 0 saturated carbocycles. The summed E-state index contributed by atoms with van der Waals surface area (Å²) >= 11 is 0. The van der Waals surface area contributed by atoms with Crippen molar-refractivity contribution in [1.82, 2.24) is 0 Å². The second-order valence-corrected chi connectivity index (χ2v) is 9.18. The van der Waals surface area contributed by atoms with Crippen molar-refractivity contribution in [3.63, 3.8) is 0 Å². The molecule has 0 radical (unpaired) electrons. The summed E-state index contributed by atoms with van der Waals surface area (Å²) in [7, 11) is 1.56. The van der Waals surface area contributed by atoms with Gasteiger partial charge in [-0.1, -0.05) is 55.4 Å². The molecule has 4 heteroatoms. The molecule has 0 saturated heterocycles. The van der Waals surface area contributed by atoms with Crippen molar-refractivity contribution in [2.45, 2.75) is 53.9 Å². The minimum atomic E-state index is -0.540. The highest BCUT2D eigenvalue weighted by atomic mass is 16.5. The summed E-state index contributed by atoms with van der Waals surface area (Å²) in [5.41, 5.74) is 5.50. The molecule has 4 nitrogen and oxygen atoms in total. The normalized spacial score (nSPS) is 17.0. The van der Waals surface area contributed by atoms with Crippen molar-refractivity contribution in [3.8, 4) is 5.75 Å². The molecule has 1 aliphatic carbocycles. The van der Waals surface area contributed by atoms with Crippen LogP contribution in [0.4, 0.5) is 0 Å². The number of esters is 1. The van der Waals surface area contributed by atoms with E-state index in [2.05, 4.69) is 39.8 Å². The summed E-state index contributed by atoms with van der Waals surface area (Å²) in [4.78, 5) is 24.2. The fourth-order valence-electron chi connectivity index (χ4n) is 3.90. The molecule has 1 aliphatic rings. The van der Waals surface area contributed by atoms with Crippen LogP contribution < -0.4 is 4.74 Å². The van der Waals surface area contributed by atoms with E-state index in [4.69, 9.17) is 9.47 Å². The van der Waals surface area contributed by atoms with E-state index in [1.165, 1.54) is 36.5 Å². The minimum Gasteiger partial charge on any atom is -0.497 e. The highest BCUT2D eigenvalue weighted by Gasteiger charge is 2.26. The van der Waals surface area contributed by atoms with Crippen LogP contribution in [-0.4, -0.2) is 25.5 Å². The zero-order valence-electron chi connectivity index (χ0n) is 20.7. The number of rotatable bonds is 9. The first-order valence-electron chi connectivity index (χ1n) is 11.4. The van der Waals surface area contributed by atoms with Gasteiger partial charge in [0.15, 0.2) is 12.4 Å². The van der Waals surface area contributed by atoms with Crippen molar-refractivity contribution in [1.29, 1.82) is 0 Å². The van der Waals surface area contributed by atoms with Gasteiger partial charge in [0.1, 0.15) is 5.75 Å². The van der Waals surface area contributed by atoms with Gasteiger partial charge < -0.3 is 9.47 Å². The largest absolute Gasteiger partial charge is 0.497 e. The topological polar surface area (TPSA) is 52.6 Å². The van der Waals surface area contributed by atoms with Crippen LogP contribution in [0, 0.1) is 5.41 Å². The number of allylic oxidation sites excluding steroid dienone is 9. The van der Waals surface area contributed by atoms with E-state index < -0.39 is 5.97 Å². The Morgan fingerprint density at radius 3 is 2.39 bits per heavy atom. The molecule has 2 rings (SSSR count). The first kappa shape index (κ1) is 26.1. The van der Waals surface area contributed by atoms with Crippen LogP contribution in [0.2, 0.25) is 0 Å². The number of ketones is 1. The Morgan fingerprint density at radius 1 is 1.06 bits per heavy atom. The summed E-state index contributed by atoms with van der Waals surface area (Å²) in [5, 5.41) is 0. The van der Waals surface area contributed by atoms with Gasteiger partial charge in [0, 0.05) is 11.6 Å². The van der Waals surface area contributed by atoms with E-state index in [1.54, 1.807) is 31.4 Å². The lowest BCUT2D eigenvalue weighted by Crippen LogP contribution is -2.19. The average molecular weight is 449 g/mol. The van der Waals surface area contributed by atoms with E-state index in [0.29, 0.717) is 11.3 Å². The molecule has 1 aromatic carbocycles. The summed E-state index contributed by atoms with van der Waals surface area (Å²) in [6.07, 6.45) is 15.2. The molecule has 0 heterocycles. The van der Waals surface area contributed by atoms with Gasteiger partial charge in [0.25, 0.3) is 0 Å². The monoisotopic (exact) mass is 448 g/mol. The summed E-state index contributed by atoms with van der Waals surface area (Å²) < 4.78 is 10.2. The smallest absolute Gasteiger partial charge is 0.331 e. The molecule has 0 aliphatic heterocycles. The summed E-state index contributed by atoms with van der Waals surface area (Å²) in [6.45, 7) is 10.4. The first-order valence-corrected chi connectivity index (χ1v) is 11.4. The van der Waals surface area contributed by atoms with Crippen LogP contribution in [-0.2, 0) is 9.53 Å². The van der Waals surface area contributed by atoms with Crippen LogP contribution in [0.25, 0.3) is 0 Å². The summed E-state index contributed by atoms with van der Waals surface area (Å²) in [5.74, 6) is -0.135. The predicted molar refractivity (Wildman–Crippen MR) is 134 cm³/mol. The number of hydrogen-bond donors (Lipinski definition) is 0. The highest BCUT2D eigenvalue weighted by molar-refractivity contribution is 5.98. The molecule has 33 heavy (non-hydrogen) atoms. The lowest BCUT2D eigenvalue weighted by molar-refractivity contribution is -0.136. The molecule has 176 valence electrons. The van der Waals surface area contributed by atoms with Crippen LogP contribution in [0.5, 0.6) is 5.75 Å². The van der Waals surface area contributed by atoms with Crippen molar-refractivity contribution < 1.29 is 19.1 Å². The highest BCUT2D eigenvalue weighted by Crippen LogP contribution is 2.40. The number of Topliss-reactive ketones (excluding diaryl/α,β-unsaturated/α-hetero) is 1. The third-order valence-electron chi connectivity index (χ3n) is 5.88. The van der Waals surface area contributed by atoms with E-state index in [1.807, 2.05) is 25.2 Å². The Bertz CT molecular complexity index is 999. The zero-order chi connectivity index (χ0) is 24.4. The maximum absolute atomic E-state index is 12.1. The van der Waals surface area contributed by atoms with Gasteiger partial charge in [-0.2, -0.15) is 0 Å². The number of hydrogen-bond acceptors (Lipinski definition) is 4. The fourth-order valence-corrected chi connectivity index (χ4v) is 3.90. The molecule has 0 spiro atoms. The van der Waals surface area contributed by atoms with Crippen LogP contribution in [0.3, 0.4) is 0 Å². The van der Waals surface area contributed by atoms with E-state index in [9.17, 15) is 9.59 Å². The number of benzene rings is 1. The number of carbonyl (C=O) groups excluding carboxylic acids is 2. The Morgan fingerprint density at radius 2 is 1.76 bits per heavy atom. The van der Waals surface area contributed by atoms with Crippen molar-refractivity contribution in [2.75, 3.05) is 13.7 Å². The third-order valence-corrected chi connectivity index (χ3v) is 5.88. The van der Waals surface area contributed by atoms with Gasteiger partial charge in [-0.05, 0) is 80.9 Å². The SMILES string of the molecule is COc1ccc(C(=O)COC(=O)C=C(C)C=C/C=C(/C)C=CC2=C(C)CCCC2(C)C)cc1. The second kappa shape index (κ2) is 12.2. The van der Waals surface area contributed by atoms with Gasteiger partial charge >= 0.3 is 5.97 Å². The van der Waals surface area contributed by atoms with Crippen LogP contribution in [0.1, 0.15) is 64.2 Å². The lowest BCUT2D eigenvalue weighted by atomic mass is 9.72. The van der Waals surface area contributed by atoms with Crippen LogP contribution >= 0.6 is 0 Å². The predicted octanol–water partition coefficient (Wildman–Crippen LogP) is 6.95. The van der Waals surface area contributed by atoms with Gasteiger partial charge in [-0.25, -0.2) is 4.79 Å². The van der Waals surface area contributed by atoms with E-state index in [0.717, 1.165) is 11.1 Å². The molecular weight excluding hydrogens is 412 g/mol. The zero-order valence-corrected chi connectivity index (χ0v) is 20.7. The van der Waals surface area contributed by atoms with Crippen molar-refractivity contribution >= 4 is 11.8 Å². The lowest BCUT2D eigenvalue weighted by Gasteiger charge is -2.32. The molecule has 0 amide bonds. The average Bonchev–Trinajstić information content (AvgIpc) is 2.76. The number of methoxy groups -OCH3 is 1. The number of carbonyl (C=O) groups is 2. The Balaban J connectivity index is 1.88. The Hall–Kier alpha value is -3.14. The maximum atomic E-state index is 12.1. The molecular formula is C29H36O4. The molecule has 0 N–H and O–H groups in total. The molecule has 0 fully saturated rings. The molecule has 0 bridgehead atoms. The van der Waals surface area contributed by atoms with Gasteiger partial charge in [-0.15, -0.1) is 0 Å². The maximum Gasteiger partial charge on any atom is 0.331 e. The standard InChI is InChI=1S/C29H36O4/c1-21(12-17-26-23(3)11-8-18-29(26,4)5)9-7-10-22(2)19-28(31)33-20-27(30)24-13-15-25(32-6)16-14-24/h7,9-10,12-17,19H,8,11,18,20H2,1-6H3/b10-7?,17-12?,21-9-,22-19?. The van der Waals surface area contributed by atoms with Crippen LogP contribution in [0.15, 0.2) is 83.0 Å². The van der Waals surface area contributed by atoms with E-state index in [-0.39, 0.29) is 17.8 Å². The minimum absolute atomic E-state index is 0.226. The molecule has 1 aromatic rings. The Kier molecular flexibility index (Phi) is 9.65. The molecule has 0 atom stereocenters. The Labute approximate surface area is 198 Å². The quantitative estimate of drug-likeness (QED) is 0.177. The molecule has 0 unspecified atom stereocenters. The first-order chi connectivity index (χ1) is 15.6. The third kappa shape index (κ3) is 8.38. The van der Waals surface area contributed by atoms with E-state index >= 15 is 0 Å². The van der Waals surface area contributed by atoms with Gasteiger partial charge in [-0.3, -0.25) is 4.79 Å². The van der Waals surface area contributed by atoms with Gasteiger partial charge in [0.05, 0.1) is 7.11 Å².